The Bertz CT molecular complexity index is 450. The van der Waals surface area contributed by atoms with Gasteiger partial charge in [0.15, 0.2) is 5.65 Å². The smallest absolute Gasteiger partial charge is 0.163 e. The van der Waals surface area contributed by atoms with E-state index in [0.717, 1.165) is 36.5 Å². The molecule has 0 atom stereocenters. The Morgan fingerprint density at radius 1 is 1.40 bits per heavy atom. The lowest BCUT2D eigenvalue weighted by Gasteiger charge is -2.00. The van der Waals surface area contributed by atoms with Crippen LogP contribution in [0.4, 0.5) is 0 Å². The normalized spacial score (nSPS) is 11.1. The molecule has 15 heavy (non-hydrogen) atoms. The molecule has 0 spiro atoms. The van der Waals surface area contributed by atoms with Gasteiger partial charge in [-0.25, -0.2) is 0 Å². The van der Waals surface area contributed by atoms with Crippen molar-refractivity contribution in [3.8, 4) is 0 Å². The first-order valence-corrected chi connectivity index (χ1v) is 5.11. The van der Waals surface area contributed by atoms with E-state index in [0.29, 0.717) is 0 Å². The van der Waals surface area contributed by atoms with E-state index in [4.69, 9.17) is 4.74 Å². The molecule has 0 unspecified atom stereocenters. The van der Waals surface area contributed by atoms with Gasteiger partial charge in [-0.15, -0.1) is 10.2 Å². The second kappa shape index (κ2) is 4.40. The first kappa shape index (κ1) is 10.1. The molecule has 80 valence electrons. The van der Waals surface area contributed by atoms with E-state index in [1.54, 1.807) is 7.11 Å². The summed E-state index contributed by atoms with van der Waals surface area (Å²) >= 11 is 0. The Labute approximate surface area is 88.9 Å². The highest BCUT2D eigenvalue weighted by molar-refractivity contribution is 5.46. The molecule has 0 aliphatic heterocycles. The number of fused-ring (bicyclic) bond motifs is 1. The van der Waals surface area contributed by atoms with E-state index < -0.39 is 0 Å². The predicted octanol–water partition coefficient (Wildman–Crippen LogP) is 1.62. The summed E-state index contributed by atoms with van der Waals surface area (Å²) in [5.41, 5.74) is 2.10. The summed E-state index contributed by atoms with van der Waals surface area (Å²) < 4.78 is 7.07. The molecule has 4 heteroatoms. The van der Waals surface area contributed by atoms with Crippen LogP contribution in [0.5, 0.6) is 0 Å². The average molecular weight is 205 g/mol. The summed E-state index contributed by atoms with van der Waals surface area (Å²) in [4.78, 5) is 0. The summed E-state index contributed by atoms with van der Waals surface area (Å²) in [6.07, 6.45) is 3.88. The predicted molar refractivity (Wildman–Crippen MR) is 57.9 cm³/mol. The number of ether oxygens (including phenoxy) is 1. The Balaban J connectivity index is 2.25. The van der Waals surface area contributed by atoms with Gasteiger partial charge in [0.1, 0.15) is 5.82 Å². The van der Waals surface area contributed by atoms with Gasteiger partial charge in [0.2, 0.25) is 0 Å². The largest absolute Gasteiger partial charge is 0.385 e. The maximum absolute atomic E-state index is 5.02. The van der Waals surface area contributed by atoms with E-state index in [1.807, 2.05) is 29.7 Å². The summed E-state index contributed by atoms with van der Waals surface area (Å²) in [5.74, 6) is 1.01. The lowest BCUT2D eigenvalue weighted by molar-refractivity contribution is 0.194. The van der Waals surface area contributed by atoms with Gasteiger partial charge in [-0.3, -0.25) is 4.40 Å². The van der Waals surface area contributed by atoms with Crippen molar-refractivity contribution in [1.29, 1.82) is 0 Å². The number of hydrogen-bond acceptors (Lipinski definition) is 3. The van der Waals surface area contributed by atoms with Crippen LogP contribution in [0.2, 0.25) is 0 Å². The van der Waals surface area contributed by atoms with E-state index >= 15 is 0 Å². The van der Waals surface area contributed by atoms with Gasteiger partial charge in [0.05, 0.1) is 0 Å². The molecule has 0 radical (unpaired) electrons. The highest BCUT2D eigenvalue weighted by Gasteiger charge is 2.05. The van der Waals surface area contributed by atoms with Crippen molar-refractivity contribution in [1.82, 2.24) is 14.6 Å². The minimum absolute atomic E-state index is 0.765. The van der Waals surface area contributed by atoms with Crippen LogP contribution >= 0.6 is 0 Å². The van der Waals surface area contributed by atoms with Crippen LogP contribution in [0.15, 0.2) is 18.3 Å². The topological polar surface area (TPSA) is 39.4 Å². The Morgan fingerprint density at radius 3 is 3.07 bits per heavy atom. The standard InChI is InChI=1S/C11H15N3O/c1-9-5-3-7-14-10(6-4-8-15-2)12-13-11(9)14/h3,5,7H,4,6,8H2,1-2H3. The zero-order valence-electron chi connectivity index (χ0n) is 9.10. The Kier molecular flexibility index (Phi) is 2.97. The van der Waals surface area contributed by atoms with Crippen LogP contribution in [-0.2, 0) is 11.2 Å². The Morgan fingerprint density at radius 2 is 2.27 bits per heavy atom. The van der Waals surface area contributed by atoms with Crippen molar-refractivity contribution in [2.75, 3.05) is 13.7 Å². The van der Waals surface area contributed by atoms with Gasteiger partial charge in [-0.1, -0.05) is 6.07 Å². The first-order chi connectivity index (χ1) is 7.33. The maximum atomic E-state index is 5.02. The molecule has 2 rings (SSSR count). The molecule has 2 heterocycles. The molecule has 0 aliphatic rings. The monoisotopic (exact) mass is 205 g/mol. The molecular weight excluding hydrogens is 190 g/mol. The van der Waals surface area contributed by atoms with Crippen LogP contribution < -0.4 is 0 Å². The van der Waals surface area contributed by atoms with Crippen LogP contribution in [0.1, 0.15) is 17.8 Å². The third-order valence-electron chi connectivity index (χ3n) is 2.45. The zero-order valence-corrected chi connectivity index (χ0v) is 9.10. The van der Waals surface area contributed by atoms with Crippen LogP contribution in [0.25, 0.3) is 5.65 Å². The van der Waals surface area contributed by atoms with E-state index in [9.17, 15) is 0 Å². The zero-order chi connectivity index (χ0) is 10.7. The molecule has 2 aromatic rings. The SMILES string of the molecule is COCCCc1nnc2c(C)cccn12. The van der Waals surface area contributed by atoms with E-state index in [2.05, 4.69) is 10.2 Å². The molecular formula is C11H15N3O. The van der Waals surface area contributed by atoms with Gasteiger partial charge in [-0.2, -0.15) is 0 Å². The van der Waals surface area contributed by atoms with Crippen molar-refractivity contribution in [3.05, 3.63) is 29.7 Å². The molecule has 2 aromatic heterocycles. The fourth-order valence-corrected chi connectivity index (χ4v) is 1.64. The van der Waals surface area contributed by atoms with Crippen molar-refractivity contribution in [2.24, 2.45) is 0 Å². The second-order valence-electron chi connectivity index (χ2n) is 3.60. The molecule has 0 saturated carbocycles. The third kappa shape index (κ3) is 1.99. The molecule has 0 bridgehead atoms. The van der Waals surface area contributed by atoms with Gasteiger partial charge in [-0.05, 0) is 25.0 Å². The number of aryl methyl sites for hydroxylation is 2. The molecule has 0 saturated heterocycles. The number of hydrogen-bond donors (Lipinski definition) is 0. The molecule has 0 amide bonds. The van der Waals surface area contributed by atoms with Gasteiger partial charge >= 0.3 is 0 Å². The Hall–Kier alpha value is -1.42. The number of rotatable bonds is 4. The lowest BCUT2D eigenvalue weighted by atomic mass is 10.3. The quantitative estimate of drug-likeness (QED) is 0.712. The van der Waals surface area contributed by atoms with Crippen molar-refractivity contribution < 1.29 is 4.74 Å². The molecule has 0 aromatic carbocycles. The molecule has 0 aliphatic carbocycles. The first-order valence-electron chi connectivity index (χ1n) is 5.11. The maximum Gasteiger partial charge on any atom is 0.163 e. The summed E-state index contributed by atoms with van der Waals surface area (Å²) in [6, 6.07) is 4.06. The number of pyridine rings is 1. The van der Waals surface area contributed by atoms with Crippen LogP contribution in [-0.4, -0.2) is 28.3 Å². The van der Waals surface area contributed by atoms with E-state index in [1.165, 1.54) is 0 Å². The third-order valence-corrected chi connectivity index (χ3v) is 2.45. The van der Waals surface area contributed by atoms with Crippen molar-refractivity contribution >= 4 is 5.65 Å². The minimum Gasteiger partial charge on any atom is -0.385 e. The van der Waals surface area contributed by atoms with Crippen molar-refractivity contribution in [3.63, 3.8) is 0 Å². The summed E-state index contributed by atoms with van der Waals surface area (Å²) in [6.45, 7) is 2.81. The fraction of sp³-hybridized carbons (Fsp3) is 0.455. The molecule has 4 nitrogen and oxygen atoms in total. The summed E-state index contributed by atoms with van der Waals surface area (Å²) in [7, 11) is 1.71. The van der Waals surface area contributed by atoms with Gasteiger partial charge in [0.25, 0.3) is 0 Å². The minimum atomic E-state index is 0.765. The highest BCUT2D eigenvalue weighted by Crippen LogP contribution is 2.09. The lowest BCUT2D eigenvalue weighted by Crippen LogP contribution is -1.98. The van der Waals surface area contributed by atoms with Gasteiger partial charge in [0, 0.05) is 26.3 Å². The highest BCUT2D eigenvalue weighted by atomic mass is 16.5. The fourth-order valence-electron chi connectivity index (χ4n) is 1.64. The van der Waals surface area contributed by atoms with Crippen LogP contribution in [0, 0.1) is 6.92 Å². The number of methoxy groups -OCH3 is 1. The molecule has 0 fully saturated rings. The number of nitrogens with zero attached hydrogens (tertiary/aromatic N) is 3. The van der Waals surface area contributed by atoms with E-state index in [-0.39, 0.29) is 0 Å². The molecule has 0 N–H and O–H groups in total. The average Bonchev–Trinajstić information content (AvgIpc) is 2.64. The number of aromatic nitrogens is 3. The van der Waals surface area contributed by atoms with Gasteiger partial charge < -0.3 is 4.74 Å². The second-order valence-corrected chi connectivity index (χ2v) is 3.60. The summed E-state index contributed by atoms with van der Waals surface area (Å²) in [5, 5.41) is 8.35. The van der Waals surface area contributed by atoms with Crippen LogP contribution in [0.3, 0.4) is 0 Å². The van der Waals surface area contributed by atoms with Crippen molar-refractivity contribution in [2.45, 2.75) is 19.8 Å².